The van der Waals surface area contributed by atoms with Gasteiger partial charge in [0, 0.05) is 44.9 Å². The summed E-state index contributed by atoms with van der Waals surface area (Å²) >= 11 is 0. The summed E-state index contributed by atoms with van der Waals surface area (Å²) in [5.74, 6) is -0.403. The molecule has 2 aliphatic rings. The average molecular weight is 323 g/mol. The van der Waals surface area contributed by atoms with Crippen LogP contribution in [0.3, 0.4) is 0 Å². The summed E-state index contributed by atoms with van der Waals surface area (Å²) in [4.78, 5) is 17.2. The highest BCUT2D eigenvalue weighted by Crippen LogP contribution is 2.36. The topological polar surface area (TPSA) is 63.7 Å². The summed E-state index contributed by atoms with van der Waals surface area (Å²) in [7, 11) is 1.59. The molecule has 0 unspecified atom stereocenters. The Morgan fingerprint density at radius 3 is 3.30 bits per heavy atom. The molecule has 0 aromatic carbocycles. The van der Waals surface area contributed by atoms with Crippen LogP contribution in [0.15, 0.2) is 18.5 Å². The van der Waals surface area contributed by atoms with E-state index < -0.39 is 0 Å². The van der Waals surface area contributed by atoms with E-state index in [0.717, 1.165) is 25.9 Å². The van der Waals surface area contributed by atoms with Gasteiger partial charge in [-0.1, -0.05) is 0 Å². The lowest BCUT2D eigenvalue weighted by atomic mass is 9.98. The summed E-state index contributed by atoms with van der Waals surface area (Å²) in [6.45, 7) is 2.75. The minimum atomic E-state index is -0.271. The van der Waals surface area contributed by atoms with Crippen molar-refractivity contribution in [3.63, 3.8) is 0 Å². The molecule has 1 aromatic rings. The molecule has 2 aliphatic heterocycles. The van der Waals surface area contributed by atoms with E-state index in [2.05, 4.69) is 15.2 Å². The molecule has 3 heterocycles. The number of amides is 1. The van der Waals surface area contributed by atoms with Gasteiger partial charge < -0.3 is 14.8 Å². The maximum atomic E-state index is 13.7. The lowest BCUT2D eigenvalue weighted by Gasteiger charge is -2.23. The number of carbonyl (C=O) groups is 1. The first kappa shape index (κ1) is 16.3. The number of carbonyl (C=O) groups excluding carboxylic acids is 1. The van der Waals surface area contributed by atoms with Gasteiger partial charge in [0.2, 0.25) is 5.91 Å². The van der Waals surface area contributed by atoms with Crippen LogP contribution in [0.25, 0.3) is 0 Å². The van der Waals surface area contributed by atoms with E-state index >= 15 is 0 Å². The summed E-state index contributed by atoms with van der Waals surface area (Å²) in [5.41, 5.74) is 0.430. The number of nitrogens with zero attached hydrogens (tertiary/aromatic N) is 2. The van der Waals surface area contributed by atoms with Gasteiger partial charge in [0.05, 0.1) is 24.5 Å². The fourth-order valence-corrected chi connectivity index (χ4v) is 3.30. The van der Waals surface area contributed by atoms with E-state index in [9.17, 15) is 9.18 Å². The number of ether oxygens (including phenoxy) is 2. The SMILES string of the molecule is CNC(=O)CO[C@@H]1CO[C@@]2(CCN(Cc3ccncc3F)C2)C1. The first-order valence-corrected chi connectivity index (χ1v) is 7.87. The molecule has 1 amide bonds. The number of nitrogens with one attached hydrogen (secondary N) is 1. The predicted octanol–water partition coefficient (Wildman–Crippen LogP) is 0.717. The zero-order chi connectivity index (χ0) is 16.3. The van der Waals surface area contributed by atoms with Crippen molar-refractivity contribution in [3.8, 4) is 0 Å². The Morgan fingerprint density at radius 1 is 1.65 bits per heavy atom. The molecule has 23 heavy (non-hydrogen) atoms. The van der Waals surface area contributed by atoms with Crippen LogP contribution in [-0.2, 0) is 20.8 Å². The third-order valence-electron chi connectivity index (χ3n) is 4.55. The molecule has 0 aliphatic carbocycles. The van der Waals surface area contributed by atoms with Crippen LogP contribution in [0.1, 0.15) is 18.4 Å². The maximum Gasteiger partial charge on any atom is 0.245 e. The van der Waals surface area contributed by atoms with Gasteiger partial charge in [0.1, 0.15) is 12.4 Å². The van der Waals surface area contributed by atoms with Crippen LogP contribution >= 0.6 is 0 Å². The zero-order valence-electron chi connectivity index (χ0n) is 13.3. The van der Waals surface area contributed by atoms with Gasteiger partial charge in [-0.2, -0.15) is 0 Å². The third kappa shape index (κ3) is 3.85. The Kier molecular flexibility index (Phi) is 4.89. The summed E-state index contributed by atoms with van der Waals surface area (Å²) in [6, 6.07) is 1.71. The van der Waals surface area contributed by atoms with E-state index in [4.69, 9.17) is 9.47 Å². The summed E-state index contributed by atoms with van der Waals surface area (Å²) in [6.07, 6.45) is 4.48. The number of halogens is 1. The van der Waals surface area contributed by atoms with Crippen LogP contribution < -0.4 is 5.32 Å². The van der Waals surface area contributed by atoms with Gasteiger partial charge in [0.25, 0.3) is 0 Å². The fraction of sp³-hybridized carbons (Fsp3) is 0.625. The predicted molar refractivity (Wildman–Crippen MR) is 81.2 cm³/mol. The molecule has 0 bridgehead atoms. The fourth-order valence-electron chi connectivity index (χ4n) is 3.30. The lowest BCUT2D eigenvalue weighted by Crippen LogP contribution is -2.33. The van der Waals surface area contributed by atoms with Crippen molar-refractivity contribution >= 4 is 5.91 Å². The Balaban J connectivity index is 1.51. The van der Waals surface area contributed by atoms with Crippen molar-refractivity contribution in [1.82, 2.24) is 15.2 Å². The van der Waals surface area contributed by atoms with Gasteiger partial charge in [-0.15, -0.1) is 0 Å². The minimum absolute atomic E-state index is 0.0510. The average Bonchev–Trinajstić information content (AvgIpc) is 3.14. The zero-order valence-corrected chi connectivity index (χ0v) is 13.3. The second-order valence-electron chi connectivity index (χ2n) is 6.23. The van der Waals surface area contributed by atoms with E-state index in [0.29, 0.717) is 18.7 Å². The van der Waals surface area contributed by atoms with E-state index in [-0.39, 0.29) is 30.0 Å². The first-order chi connectivity index (χ1) is 11.1. The number of aromatic nitrogens is 1. The molecule has 1 aromatic heterocycles. The monoisotopic (exact) mass is 323 g/mol. The number of rotatable bonds is 5. The van der Waals surface area contributed by atoms with Gasteiger partial charge >= 0.3 is 0 Å². The molecular formula is C16H22FN3O3. The summed E-state index contributed by atoms with van der Waals surface area (Å²) in [5, 5.41) is 2.54. The lowest BCUT2D eigenvalue weighted by molar-refractivity contribution is -0.127. The van der Waals surface area contributed by atoms with Gasteiger partial charge in [-0.3, -0.25) is 14.7 Å². The maximum absolute atomic E-state index is 13.7. The van der Waals surface area contributed by atoms with Crippen LogP contribution in [0, 0.1) is 5.82 Å². The largest absolute Gasteiger partial charge is 0.371 e. The molecule has 0 saturated carbocycles. The quantitative estimate of drug-likeness (QED) is 0.865. The highest BCUT2D eigenvalue weighted by Gasteiger charge is 2.45. The number of likely N-dealkylation sites (N-methyl/N-ethyl adjacent to an activating group) is 1. The second-order valence-corrected chi connectivity index (χ2v) is 6.23. The Morgan fingerprint density at radius 2 is 2.52 bits per heavy atom. The van der Waals surface area contributed by atoms with Crippen molar-refractivity contribution < 1.29 is 18.7 Å². The molecule has 3 rings (SSSR count). The van der Waals surface area contributed by atoms with Gasteiger partial charge in [0.15, 0.2) is 0 Å². The molecule has 2 atom stereocenters. The molecule has 6 nitrogen and oxygen atoms in total. The van der Waals surface area contributed by atoms with E-state index in [1.54, 1.807) is 19.3 Å². The smallest absolute Gasteiger partial charge is 0.245 e. The molecule has 7 heteroatoms. The van der Waals surface area contributed by atoms with Crippen LogP contribution in [0.5, 0.6) is 0 Å². The number of hydrogen-bond donors (Lipinski definition) is 1. The van der Waals surface area contributed by atoms with Crippen LogP contribution in [0.2, 0.25) is 0 Å². The van der Waals surface area contributed by atoms with Crippen LogP contribution in [0.4, 0.5) is 4.39 Å². The van der Waals surface area contributed by atoms with Crippen molar-refractivity contribution in [1.29, 1.82) is 0 Å². The van der Waals surface area contributed by atoms with Crippen molar-refractivity contribution in [2.24, 2.45) is 0 Å². The minimum Gasteiger partial charge on any atom is -0.371 e. The highest BCUT2D eigenvalue weighted by atomic mass is 19.1. The van der Waals surface area contributed by atoms with Gasteiger partial charge in [-0.05, 0) is 12.5 Å². The Labute approximate surface area is 135 Å². The third-order valence-corrected chi connectivity index (χ3v) is 4.55. The molecule has 126 valence electrons. The molecule has 0 radical (unpaired) electrons. The second kappa shape index (κ2) is 6.90. The first-order valence-electron chi connectivity index (χ1n) is 7.87. The highest BCUT2D eigenvalue weighted by molar-refractivity contribution is 5.76. The number of hydrogen-bond acceptors (Lipinski definition) is 5. The van der Waals surface area contributed by atoms with Crippen molar-refractivity contribution in [2.75, 3.05) is 33.4 Å². The Bertz CT molecular complexity index is 571. The van der Waals surface area contributed by atoms with Crippen molar-refractivity contribution in [3.05, 3.63) is 29.8 Å². The summed E-state index contributed by atoms with van der Waals surface area (Å²) < 4.78 is 25.3. The van der Waals surface area contributed by atoms with Crippen molar-refractivity contribution in [2.45, 2.75) is 31.1 Å². The number of likely N-dealkylation sites (tertiary alicyclic amines) is 1. The standard InChI is InChI=1S/C16H22FN3O3/c1-18-15(21)10-22-13-6-16(23-9-13)3-5-20(11-16)8-12-2-4-19-7-14(12)17/h2,4,7,13H,3,5-6,8-11H2,1H3,(H,18,21)/t13-,16-/m0/s1. The van der Waals surface area contributed by atoms with Crippen LogP contribution in [-0.4, -0.2) is 60.8 Å². The molecule has 2 saturated heterocycles. The molecule has 1 spiro atoms. The van der Waals surface area contributed by atoms with E-state index in [1.165, 1.54) is 6.20 Å². The molecule has 2 fully saturated rings. The molecule has 1 N–H and O–H groups in total. The normalized spacial score (nSPS) is 27.7. The van der Waals surface area contributed by atoms with Gasteiger partial charge in [-0.25, -0.2) is 4.39 Å². The molecular weight excluding hydrogens is 301 g/mol. The van der Waals surface area contributed by atoms with E-state index in [1.807, 2.05) is 0 Å². The Hall–Kier alpha value is -1.57. The number of pyridine rings is 1.